The minimum atomic E-state index is -0.948. The molecule has 1 fully saturated rings. The normalized spacial score (nSPS) is 14.9. The molecule has 1 saturated carbocycles. The van der Waals surface area contributed by atoms with Crippen molar-refractivity contribution in [3.8, 4) is 0 Å². The van der Waals surface area contributed by atoms with E-state index in [4.69, 9.17) is 5.11 Å². The molecule has 0 aromatic heterocycles. The summed E-state index contributed by atoms with van der Waals surface area (Å²) in [5.41, 5.74) is -0.671. The zero-order valence-electron chi connectivity index (χ0n) is 13.3. The predicted octanol–water partition coefficient (Wildman–Crippen LogP) is 2.23. The minimum absolute atomic E-state index is 0.0143. The van der Waals surface area contributed by atoms with E-state index < -0.39 is 17.3 Å². The molecule has 0 radical (unpaired) electrons. The molecule has 120 valence electrons. The Morgan fingerprint density at radius 3 is 2.24 bits per heavy atom. The molecule has 0 aromatic carbocycles. The van der Waals surface area contributed by atoms with E-state index in [9.17, 15) is 14.4 Å². The summed E-state index contributed by atoms with van der Waals surface area (Å²) in [4.78, 5) is 36.5. The van der Waals surface area contributed by atoms with Crippen molar-refractivity contribution in [1.29, 1.82) is 0 Å². The number of rotatable bonds is 7. The first kappa shape index (κ1) is 17.5. The molecule has 1 rings (SSSR count). The van der Waals surface area contributed by atoms with Gasteiger partial charge in [0.1, 0.15) is 0 Å². The van der Waals surface area contributed by atoms with E-state index >= 15 is 0 Å². The first-order valence-electron chi connectivity index (χ1n) is 7.43. The minimum Gasteiger partial charge on any atom is -0.481 e. The molecule has 21 heavy (non-hydrogen) atoms. The molecule has 1 aliphatic carbocycles. The Morgan fingerprint density at radius 1 is 1.24 bits per heavy atom. The zero-order valence-corrected chi connectivity index (χ0v) is 13.3. The number of carboxylic acids is 1. The maximum atomic E-state index is 12.1. The highest BCUT2D eigenvalue weighted by Crippen LogP contribution is 2.30. The van der Waals surface area contributed by atoms with Gasteiger partial charge in [-0.15, -0.1) is 0 Å². The third kappa shape index (κ3) is 6.60. The fourth-order valence-corrected chi connectivity index (χ4v) is 2.25. The van der Waals surface area contributed by atoms with Gasteiger partial charge < -0.3 is 10.0 Å². The highest BCUT2D eigenvalue weighted by atomic mass is 16.4. The molecule has 0 saturated heterocycles. The molecule has 0 aliphatic heterocycles. The SMILES string of the molecule is CC(C)N(CC1CC1)C(=O)NC(=O)CC(C)(C)CC(=O)O. The van der Waals surface area contributed by atoms with Crippen LogP contribution in [0, 0.1) is 11.3 Å². The average molecular weight is 298 g/mol. The fourth-order valence-electron chi connectivity index (χ4n) is 2.25. The largest absolute Gasteiger partial charge is 0.481 e. The number of nitrogens with one attached hydrogen (secondary N) is 1. The second-order valence-corrected chi connectivity index (χ2v) is 6.95. The standard InChI is InChI=1S/C15H26N2O4/c1-10(2)17(9-11-5-6-11)14(21)16-12(18)7-15(3,4)8-13(19)20/h10-11H,5-9H2,1-4H3,(H,19,20)(H,16,18,21). The molecule has 0 spiro atoms. The quantitative estimate of drug-likeness (QED) is 0.754. The van der Waals surface area contributed by atoms with Crippen LogP contribution in [0.2, 0.25) is 0 Å². The van der Waals surface area contributed by atoms with Gasteiger partial charge in [-0.25, -0.2) is 4.79 Å². The molecule has 0 bridgehead atoms. The van der Waals surface area contributed by atoms with Gasteiger partial charge in [0, 0.05) is 19.0 Å². The number of nitrogens with zero attached hydrogens (tertiary/aromatic N) is 1. The second-order valence-electron chi connectivity index (χ2n) is 6.95. The Kier molecular flexibility index (Phi) is 5.75. The first-order valence-corrected chi connectivity index (χ1v) is 7.43. The molecule has 2 N–H and O–H groups in total. The lowest BCUT2D eigenvalue weighted by Crippen LogP contribution is -2.47. The summed E-state index contributed by atoms with van der Waals surface area (Å²) < 4.78 is 0. The topological polar surface area (TPSA) is 86.7 Å². The van der Waals surface area contributed by atoms with Crippen LogP contribution >= 0.6 is 0 Å². The van der Waals surface area contributed by atoms with Gasteiger partial charge >= 0.3 is 12.0 Å². The van der Waals surface area contributed by atoms with Crippen LogP contribution in [-0.4, -0.2) is 40.5 Å². The summed E-state index contributed by atoms with van der Waals surface area (Å²) in [6.45, 7) is 7.92. The van der Waals surface area contributed by atoms with E-state index in [0.717, 1.165) is 12.8 Å². The highest BCUT2D eigenvalue weighted by molar-refractivity contribution is 5.94. The molecule has 3 amide bonds. The van der Waals surface area contributed by atoms with Crippen molar-refractivity contribution in [2.75, 3.05) is 6.54 Å². The zero-order chi connectivity index (χ0) is 16.2. The van der Waals surface area contributed by atoms with Gasteiger partial charge in [0.05, 0.1) is 6.42 Å². The van der Waals surface area contributed by atoms with Crippen molar-refractivity contribution in [3.63, 3.8) is 0 Å². The fraction of sp³-hybridized carbons (Fsp3) is 0.800. The first-order chi connectivity index (χ1) is 9.60. The van der Waals surface area contributed by atoms with E-state index in [1.54, 1.807) is 18.7 Å². The number of amides is 3. The third-order valence-corrected chi connectivity index (χ3v) is 3.55. The summed E-state index contributed by atoms with van der Waals surface area (Å²) >= 11 is 0. The molecule has 0 unspecified atom stereocenters. The van der Waals surface area contributed by atoms with Crippen molar-refractivity contribution in [1.82, 2.24) is 10.2 Å². The number of imide groups is 1. The Morgan fingerprint density at radius 2 is 1.81 bits per heavy atom. The van der Waals surface area contributed by atoms with Crippen LogP contribution in [0.1, 0.15) is 53.4 Å². The Hall–Kier alpha value is -1.59. The molecule has 0 atom stereocenters. The lowest BCUT2D eigenvalue weighted by molar-refractivity contribution is -0.139. The number of hydrogen-bond acceptors (Lipinski definition) is 3. The number of carbonyl (C=O) groups excluding carboxylic acids is 2. The van der Waals surface area contributed by atoms with Crippen LogP contribution in [0.4, 0.5) is 4.79 Å². The van der Waals surface area contributed by atoms with Crippen molar-refractivity contribution in [2.45, 2.75) is 59.4 Å². The maximum absolute atomic E-state index is 12.1. The van der Waals surface area contributed by atoms with Gasteiger partial charge in [0.15, 0.2) is 0 Å². The highest BCUT2D eigenvalue weighted by Gasteiger charge is 2.30. The Labute approximate surface area is 125 Å². The molecular weight excluding hydrogens is 272 g/mol. The summed E-state index contributed by atoms with van der Waals surface area (Å²) in [7, 11) is 0. The number of aliphatic carboxylic acids is 1. The van der Waals surface area contributed by atoms with Crippen LogP contribution in [0.15, 0.2) is 0 Å². The third-order valence-electron chi connectivity index (χ3n) is 3.55. The van der Waals surface area contributed by atoms with E-state index in [-0.39, 0.29) is 24.9 Å². The number of carbonyl (C=O) groups is 3. The van der Waals surface area contributed by atoms with Crippen molar-refractivity contribution < 1.29 is 19.5 Å². The molecular formula is C15H26N2O4. The van der Waals surface area contributed by atoms with Gasteiger partial charge in [0.25, 0.3) is 0 Å². The van der Waals surface area contributed by atoms with Crippen molar-refractivity contribution in [2.24, 2.45) is 11.3 Å². The van der Waals surface area contributed by atoms with E-state index in [0.29, 0.717) is 12.5 Å². The van der Waals surface area contributed by atoms with Gasteiger partial charge in [-0.2, -0.15) is 0 Å². The number of urea groups is 1. The Bertz CT molecular complexity index is 414. The lowest BCUT2D eigenvalue weighted by atomic mass is 9.85. The van der Waals surface area contributed by atoms with Crippen LogP contribution in [-0.2, 0) is 9.59 Å². The van der Waals surface area contributed by atoms with Gasteiger partial charge in [-0.1, -0.05) is 13.8 Å². The van der Waals surface area contributed by atoms with Gasteiger partial charge in [-0.05, 0) is 38.0 Å². The number of carboxylic acid groups (broad SMARTS) is 1. The van der Waals surface area contributed by atoms with Gasteiger partial charge in [0.2, 0.25) is 5.91 Å². The molecule has 0 aromatic rings. The molecule has 1 aliphatic rings. The van der Waals surface area contributed by atoms with E-state index in [1.807, 2.05) is 13.8 Å². The van der Waals surface area contributed by atoms with E-state index in [2.05, 4.69) is 5.32 Å². The van der Waals surface area contributed by atoms with Crippen LogP contribution in [0.3, 0.4) is 0 Å². The monoisotopic (exact) mass is 298 g/mol. The smallest absolute Gasteiger partial charge is 0.324 e. The molecule has 6 nitrogen and oxygen atoms in total. The van der Waals surface area contributed by atoms with E-state index in [1.165, 1.54) is 0 Å². The van der Waals surface area contributed by atoms with Crippen molar-refractivity contribution >= 4 is 17.9 Å². The van der Waals surface area contributed by atoms with Crippen LogP contribution in [0.5, 0.6) is 0 Å². The van der Waals surface area contributed by atoms with Crippen LogP contribution in [0.25, 0.3) is 0 Å². The number of hydrogen-bond donors (Lipinski definition) is 2. The maximum Gasteiger partial charge on any atom is 0.324 e. The predicted molar refractivity (Wildman–Crippen MR) is 78.8 cm³/mol. The molecule has 6 heteroatoms. The average Bonchev–Trinajstić information content (AvgIpc) is 3.05. The van der Waals surface area contributed by atoms with Crippen LogP contribution < -0.4 is 5.32 Å². The summed E-state index contributed by atoms with van der Waals surface area (Å²) in [5, 5.41) is 11.2. The second kappa shape index (κ2) is 6.91. The van der Waals surface area contributed by atoms with Crippen molar-refractivity contribution in [3.05, 3.63) is 0 Å². The molecule has 0 heterocycles. The van der Waals surface area contributed by atoms with Gasteiger partial charge in [-0.3, -0.25) is 14.9 Å². The summed E-state index contributed by atoms with van der Waals surface area (Å²) in [6.07, 6.45) is 2.18. The Balaban J connectivity index is 2.51. The lowest BCUT2D eigenvalue weighted by Gasteiger charge is -2.27. The summed E-state index contributed by atoms with van der Waals surface area (Å²) in [6, 6.07) is -0.349. The summed E-state index contributed by atoms with van der Waals surface area (Å²) in [5.74, 6) is -0.818.